The topological polar surface area (TPSA) is 121 Å². The van der Waals surface area contributed by atoms with Gasteiger partial charge in [0.25, 0.3) is 5.91 Å². The monoisotopic (exact) mass is 557 g/mol. The van der Waals surface area contributed by atoms with Gasteiger partial charge in [0, 0.05) is 58.9 Å². The van der Waals surface area contributed by atoms with Gasteiger partial charge in [-0.2, -0.15) is 4.98 Å². The van der Waals surface area contributed by atoms with E-state index >= 15 is 0 Å². The average molecular weight is 558 g/mol. The standard InChI is InChI=1S/C29H35N9O3/c1-8-26(39)32-20-16-21(24(41-7)17-23(20)37(6)15-14-35(2)3)33-29-31-13-11-25(34-29)38-18-19(28(40)36(4)5)27-22(38)10-9-12-30-27/h8-13,16-18H,1,14-15H2,2-7H3,(H,32,39)(H,31,33,34). The Hall–Kier alpha value is -4.97. The van der Waals surface area contributed by atoms with Crippen LogP contribution < -0.4 is 20.3 Å². The summed E-state index contributed by atoms with van der Waals surface area (Å²) in [6.45, 7) is 5.12. The molecule has 4 rings (SSSR count). The summed E-state index contributed by atoms with van der Waals surface area (Å²) >= 11 is 0. The molecule has 0 bridgehead atoms. The van der Waals surface area contributed by atoms with E-state index in [1.807, 2.05) is 48.8 Å². The third-order valence-corrected chi connectivity index (χ3v) is 6.38. The summed E-state index contributed by atoms with van der Waals surface area (Å²) in [6.07, 6.45) is 6.23. The molecule has 2 amide bonds. The van der Waals surface area contributed by atoms with Crippen LogP contribution in [0.15, 0.2) is 61.6 Å². The Balaban J connectivity index is 1.73. The number of fused-ring (bicyclic) bond motifs is 1. The summed E-state index contributed by atoms with van der Waals surface area (Å²) in [5.74, 6) is 0.878. The second kappa shape index (κ2) is 12.5. The summed E-state index contributed by atoms with van der Waals surface area (Å²) in [5.41, 5.74) is 3.69. The van der Waals surface area contributed by atoms with Crippen molar-refractivity contribution in [1.29, 1.82) is 0 Å². The maximum atomic E-state index is 12.8. The number of methoxy groups -OCH3 is 1. The number of hydrogen-bond donors (Lipinski definition) is 2. The lowest BCUT2D eigenvalue weighted by Gasteiger charge is -2.26. The predicted molar refractivity (Wildman–Crippen MR) is 162 cm³/mol. The Morgan fingerprint density at radius 2 is 1.83 bits per heavy atom. The number of benzene rings is 1. The Labute approximate surface area is 239 Å². The van der Waals surface area contributed by atoms with E-state index in [1.165, 1.54) is 11.0 Å². The molecule has 12 heteroatoms. The SMILES string of the molecule is C=CC(=O)Nc1cc(Nc2nccc(-n3cc(C(=O)N(C)C)c4ncccc43)n2)c(OC)cc1N(C)CCN(C)C. The summed E-state index contributed by atoms with van der Waals surface area (Å²) < 4.78 is 7.51. The fraction of sp³-hybridized carbons (Fsp3) is 0.276. The first-order valence-electron chi connectivity index (χ1n) is 12.9. The minimum absolute atomic E-state index is 0.158. The number of carbonyl (C=O) groups is 2. The normalized spacial score (nSPS) is 10.9. The molecule has 0 unspecified atom stereocenters. The van der Waals surface area contributed by atoms with Gasteiger partial charge >= 0.3 is 0 Å². The third kappa shape index (κ3) is 6.44. The highest BCUT2D eigenvalue weighted by molar-refractivity contribution is 6.05. The van der Waals surface area contributed by atoms with Crippen LogP contribution in [-0.2, 0) is 4.79 Å². The molecule has 2 N–H and O–H groups in total. The molecular weight excluding hydrogens is 522 g/mol. The molecule has 12 nitrogen and oxygen atoms in total. The number of carbonyl (C=O) groups excluding carboxylic acids is 2. The number of amides is 2. The maximum absolute atomic E-state index is 12.8. The quantitative estimate of drug-likeness (QED) is 0.267. The number of ether oxygens (including phenoxy) is 1. The lowest BCUT2D eigenvalue weighted by atomic mass is 10.2. The zero-order valence-corrected chi connectivity index (χ0v) is 24.2. The molecule has 4 aromatic rings. The van der Waals surface area contributed by atoms with Crippen molar-refractivity contribution >= 4 is 45.9 Å². The number of likely N-dealkylation sites (N-methyl/N-ethyl adjacent to an activating group) is 2. The zero-order chi connectivity index (χ0) is 29.7. The van der Waals surface area contributed by atoms with Crippen molar-refractivity contribution in [2.45, 2.75) is 0 Å². The van der Waals surface area contributed by atoms with Crippen LogP contribution in [0.3, 0.4) is 0 Å². The molecule has 0 saturated heterocycles. The summed E-state index contributed by atoms with van der Waals surface area (Å²) in [4.78, 5) is 44.3. The molecule has 0 aliphatic carbocycles. The summed E-state index contributed by atoms with van der Waals surface area (Å²) in [6, 6.07) is 9.07. The lowest BCUT2D eigenvalue weighted by Crippen LogP contribution is -2.29. The van der Waals surface area contributed by atoms with E-state index in [0.29, 0.717) is 40.0 Å². The molecule has 1 aromatic carbocycles. The van der Waals surface area contributed by atoms with Crippen LogP contribution in [0.1, 0.15) is 10.4 Å². The number of hydrogen-bond acceptors (Lipinski definition) is 9. The predicted octanol–water partition coefficient (Wildman–Crippen LogP) is 3.39. The van der Waals surface area contributed by atoms with Gasteiger partial charge in [0.15, 0.2) is 0 Å². The number of pyridine rings is 1. The van der Waals surface area contributed by atoms with Gasteiger partial charge in [0.2, 0.25) is 11.9 Å². The van der Waals surface area contributed by atoms with Crippen LogP contribution in [0.2, 0.25) is 0 Å². The molecule has 0 radical (unpaired) electrons. The van der Waals surface area contributed by atoms with Crippen molar-refractivity contribution in [2.75, 3.05) is 71.0 Å². The minimum atomic E-state index is -0.335. The third-order valence-electron chi connectivity index (χ3n) is 6.38. The number of aromatic nitrogens is 4. The molecule has 3 aromatic heterocycles. The second-order valence-electron chi connectivity index (χ2n) is 9.83. The second-order valence-corrected chi connectivity index (χ2v) is 9.83. The van der Waals surface area contributed by atoms with Gasteiger partial charge in [0.1, 0.15) is 17.1 Å². The number of rotatable bonds is 11. The van der Waals surface area contributed by atoms with E-state index in [-0.39, 0.29) is 11.8 Å². The molecular formula is C29H35N9O3. The van der Waals surface area contributed by atoms with Crippen LogP contribution in [0.25, 0.3) is 16.9 Å². The minimum Gasteiger partial charge on any atom is -0.494 e. The Morgan fingerprint density at radius 3 is 2.51 bits per heavy atom. The number of nitrogens with zero attached hydrogens (tertiary/aromatic N) is 7. The summed E-state index contributed by atoms with van der Waals surface area (Å²) in [7, 11) is 10.9. The fourth-order valence-electron chi connectivity index (χ4n) is 4.22. The van der Waals surface area contributed by atoms with Crippen molar-refractivity contribution in [3.63, 3.8) is 0 Å². The number of anilines is 4. The van der Waals surface area contributed by atoms with Gasteiger partial charge in [-0.3, -0.25) is 19.1 Å². The molecule has 0 aliphatic rings. The first-order chi connectivity index (χ1) is 19.6. The van der Waals surface area contributed by atoms with Crippen molar-refractivity contribution in [2.24, 2.45) is 0 Å². The Bertz CT molecular complexity index is 1580. The number of nitrogens with one attached hydrogen (secondary N) is 2. The molecule has 3 heterocycles. The van der Waals surface area contributed by atoms with E-state index in [1.54, 1.807) is 51.9 Å². The molecule has 0 aliphatic heterocycles. The van der Waals surface area contributed by atoms with Crippen molar-refractivity contribution in [3.05, 3.63) is 67.1 Å². The van der Waals surface area contributed by atoms with Gasteiger partial charge in [-0.1, -0.05) is 6.58 Å². The zero-order valence-electron chi connectivity index (χ0n) is 24.2. The van der Waals surface area contributed by atoms with Gasteiger partial charge in [-0.25, -0.2) is 4.98 Å². The van der Waals surface area contributed by atoms with Crippen molar-refractivity contribution in [3.8, 4) is 11.6 Å². The first kappa shape index (κ1) is 29.0. The van der Waals surface area contributed by atoms with Crippen LogP contribution >= 0.6 is 0 Å². The van der Waals surface area contributed by atoms with Crippen LogP contribution in [0, 0.1) is 0 Å². The van der Waals surface area contributed by atoms with Crippen molar-refractivity contribution < 1.29 is 14.3 Å². The lowest BCUT2D eigenvalue weighted by molar-refractivity contribution is -0.111. The fourth-order valence-corrected chi connectivity index (χ4v) is 4.22. The summed E-state index contributed by atoms with van der Waals surface area (Å²) in [5, 5.41) is 6.11. The van der Waals surface area contributed by atoms with Gasteiger partial charge in [-0.15, -0.1) is 0 Å². The van der Waals surface area contributed by atoms with Gasteiger partial charge in [0.05, 0.1) is 35.3 Å². The highest BCUT2D eigenvalue weighted by atomic mass is 16.5. The first-order valence-corrected chi connectivity index (χ1v) is 12.9. The Morgan fingerprint density at radius 1 is 1.05 bits per heavy atom. The van der Waals surface area contributed by atoms with E-state index in [0.717, 1.165) is 24.3 Å². The highest BCUT2D eigenvalue weighted by Gasteiger charge is 2.20. The van der Waals surface area contributed by atoms with Crippen LogP contribution in [-0.4, -0.2) is 96.6 Å². The molecule has 41 heavy (non-hydrogen) atoms. The Kier molecular flexibility index (Phi) is 8.83. The molecule has 0 fully saturated rings. The maximum Gasteiger partial charge on any atom is 0.257 e. The smallest absolute Gasteiger partial charge is 0.257 e. The van der Waals surface area contributed by atoms with Gasteiger partial charge in [-0.05, 0) is 44.4 Å². The largest absolute Gasteiger partial charge is 0.494 e. The molecule has 0 spiro atoms. The van der Waals surface area contributed by atoms with E-state index < -0.39 is 0 Å². The van der Waals surface area contributed by atoms with Crippen molar-refractivity contribution in [1.82, 2.24) is 29.3 Å². The van der Waals surface area contributed by atoms with Gasteiger partial charge < -0.3 is 30.1 Å². The van der Waals surface area contributed by atoms with Crippen LogP contribution in [0.4, 0.5) is 23.0 Å². The van der Waals surface area contributed by atoms with Crippen LogP contribution in [0.5, 0.6) is 5.75 Å². The molecule has 0 atom stereocenters. The molecule has 214 valence electrons. The average Bonchev–Trinajstić information content (AvgIpc) is 3.35. The van der Waals surface area contributed by atoms with E-state index in [9.17, 15) is 9.59 Å². The van der Waals surface area contributed by atoms with E-state index in [4.69, 9.17) is 9.72 Å². The van der Waals surface area contributed by atoms with E-state index in [2.05, 4.69) is 32.1 Å². The molecule has 0 saturated carbocycles. The highest BCUT2D eigenvalue weighted by Crippen LogP contribution is 2.38.